The van der Waals surface area contributed by atoms with Gasteiger partial charge in [-0.2, -0.15) is 0 Å². The van der Waals surface area contributed by atoms with Crippen molar-refractivity contribution in [2.75, 3.05) is 27.2 Å². The number of aliphatic hydroxyl groups is 1. The maximum atomic E-state index is 11.7. The predicted octanol–water partition coefficient (Wildman–Crippen LogP) is 1.50. The number of hydrogen-bond donors (Lipinski definition) is 2. The minimum absolute atomic E-state index is 0.188. The zero-order valence-electron chi connectivity index (χ0n) is 11.9. The normalized spacial score (nSPS) is 14.8. The van der Waals surface area contributed by atoms with Crippen LogP contribution in [0.25, 0.3) is 6.08 Å². The van der Waals surface area contributed by atoms with Crippen molar-refractivity contribution >= 4 is 23.3 Å². The molecule has 0 radical (unpaired) electrons. The molecule has 1 heterocycles. The molecular weight excluding hydrogens is 260 g/mol. The fraction of sp³-hybridized carbons (Fsp3) is 0.500. The van der Waals surface area contributed by atoms with Gasteiger partial charge in [-0.05, 0) is 51.0 Å². The molecule has 106 valence electrons. The van der Waals surface area contributed by atoms with Gasteiger partial charge >= 0.3 is 0 Å². The van der Waals surface area contributed by atoms with Crippen molar-refractivity contribution in [2.24, 2.45) is 0 Å². The van der Waals surface area contributed by atoms with E-state index in [0.717, 1.165) is 10.4 Å². The van der Waals surface area contributed by atoms with Gasteiger partial charge in [-0.15, -0.1) is 11.3 Å². The summed E-state index contributed by atoms with van der Waals surface area (Å²) in [5, 5.41) is 14.8. The summed E-state index contributed by atoms with van der Waals surface area (Å²) in [6.07, 6.45) is 3.31. The summed E-state index contributed by atoms with van der Waals surface area (Å²) in [6, 6.07) is 2.02. The van der Waals surface area contributed by atoms with E-state index in [-0.39, 0.29) is 12.5 Å². The SMILES string of the molecule is Cc1ccsc1/C=C/C(=O)NCC(C)(O)CN(C)C. The zero-order valence-corrected chi connectivity index (χ0v) is 12.8. The predicted molar refractivity (Wildman–Crippen MR) is 80.3 cm³/mol. The second-order valence-electron chi connectivity index (χ2n) is 5.25. The summed E-state index contributed by atoms with van der Waals surface area (Å²) in [5.41, 5.74) is 0.236. The van der Waals surface area contributed by atoms with Gasteiger partial charge in [0.15, 0.2) is 0 Å². The van der Waals surface area contributed by atoms with Gasteiger partial charge in [0, 0.05) is 24.0 Å². The van der Waals surface area contributed by atoms with E-state index in [1.54, 1.807) is 24.3 Å². The first-order valence-electron chi connectivity index (χ1n) is 6.17. The number of hydrogen-bond acceptors (Lipinski definition) is 4. The third-order valence-corrected chi connectivity index (χ3v) is 3.57. The fourth-order valence-electron chi connectivity index (χ4n) is 1.78. The number of rotatable bonds is 6. The molecule has 0 spiro atoms. The largest absolute Gasteiger partial charge is 0.387 e. The monoisotopic (exact) mass is 282 g/mol. The second-order valence-corrected chi connectivity index (χ2v) is 6.20. The fourth-order valence-corrected chi connectivity index (χ4v) is 2.60. The molecule has 1 rings (SSSR count). The van der Waals surface area contributed by atoms with E-state index in [1.807, 2.05) is 37.4 Å². The van der Waals surface area contributed by atoms with Crippen LogP contribution in [0.1, 0.15) is 17.4 Å². The average molecular weight is 282 g/mol. The first-order chi connectivity index (χ1) is 8.80. The molecule has 1 unspecified atom stereocenters. The summed E-state index contributed by atoms with van der Waals surface area (Å²) < 4.78 is 0. The molecule has 19 heavy (non-hydrogen) atoms. The van der Waals surface area contributed by atoms with Gasteiger partial charge in [0.25, 0.3) is 0 Å². The number of amides is 1. The van der Waals surface area contributed by atoms with E-state index in [4.69, 9.17) is 0 Å². The molecule has 5 heteroatoms. The Bertz CT molecular complexity index is 450. The molecule has 0 fully saturated rings. The number of carbonyl (C=O) groups excluding carboxylic acids is 1. The van der Waals surface area contributed by atoms with Gasteiger partial charge in [-0.3, -0.25) is 4.79 Å². The Labute approximate surface area is 118 Å². The van der Waals surface area contributed by atoms with E-state index >= 15 is 0 Å². The molecule has 2 N–H and O–H groups in total. The van der Waals surface area contributed by atoms with Crippen LogP contribution < -0.4 is 5.32 Å². The maximum absolute atomic E-state index is 11.7. The lowest BCUT2D eigenvalue weighted by Gasteiger charge is -2.26. The van der Waals surface area contributed by atoms with Crippen LogP contribution in [0.15, 0.2) is 17.5 Å². The quantitative estimate of drug-likeness (QED) is 0.778. The minimum atomic E-state index is -0.925. The lowest BCUT2D eigenvalue weighted by Crippen LogP contribution is -2.46. The van der Waals surface area contributed by atoms with Crippen molar-refractivity contribution in [3.8, 4) is 0 Å². The van der Waals surface area contributed by atoms with Crippen molar-refractivity contribution in [2.45, 2.75) is 19.4 Å². The van der Waals surface area contributed by atoms with Crippen LogP contribution in [0.3, 0.4) is 0 Å². The maximum Gasteiger partial charge on any atom is 0.244 e. The van der Waals surface area contributed by atoms with E-state index in [9.17, 15) is 9.90 Å². The topological polar surface area (TPSA) is 52.6 Å². The molecule has 1 atom stereocenters. The highest BCUT2D eigenvalue weighted by Gasteiger charge is 2.21. The van der Waals surface area contributed by atoms with Crippen molar-refractivity contribution < 1.29 is 9.90 Å². The molecule has 0 aromatic carbocycles. The third kappa shape index (κ3) is 6.00. The van der Waals surface area contributed by atoms with Crippen LogP contribution in [0.4, 0.5) is 0 Å². The van der Waals surface area contributed by atoms with Gasteiger partial charge in [0.05, 0.1) is 5.60 Å². The van der Waals surface area contributed by atoms with Crippen molar-refractivity contribution in [1.82, 2.24) is 10.2 Å². The van der Waals surface area contributed by atoms with E-state index in [0.29, 0.717) is 6.54 Å². The lowest BCUT2D eigenvalue weighted by molar-refractivity contribution is -0.117. The van der Waals surface area contributed by atoms with Crippen LogP contribution in [0.2, 0.25) is 0 Å². The molecule has 0 saturated heterocycles. The minimum Gasteiger partial charge on any atom is -0.387 e. The van der Waals surface area contributed by atoms with Crippen LogP contribution in [0, 0.1) is 6.92 Å². The molecule has 1 amide bonds. The first kappa shape index (κ1) is 15.9. The average Bonchev–Trinajstić information content (AvgIpc) is 2.68. The molecule has 1 aromatic rings. The summed E-state index contributed by atoms with van der Waals surface area (Å²) in [4.78, 5) is 14.6. The summed E-state index contributed by atoms with van der Waals surface area (Å²) >= 11 is 1.60. The number of thiophene rings is 1. The number of nitrogens with one attached hydrogen (secondary N) is 1. The molecular formula is C14H22N2O2S. The summed E-state index contributed by atoms with van der Waals surface area (Å²) in [5.74, 6) is -0.188. The number of carbonyl (C=O) groups is 1. The Morgan fingerprint density at radius 2 is 2.26 bits per heavy atom. The highest BCUT2D eigenvalue weighted by Crippen LogP contribution is 2.16. The van der Waals surface area contributed by atoms with Gasteiger partial charge in [-0.25, -0.2) is 0 Å². The molecule has 0 aliphatic rings. The number of aryl methyl sites for hydroxylation is 1. The Morgan fingerprint density at radius 3 is 2.79 bits per heavy atom. The van der Waals surface area contributed by atoms with Gasteiger partial charge in [0.2, 0.25) is 5.91 Å². The van der Waals surface area contributed by atoms with E-state index in [1.165, 1.54) is 6.08 Å². The van der Waals surface area contributed by atoms with Crippen LogP contribution in [0.5, 0.6) is 0 Å². The number of likely N-dealkylation sites (N-methyl/N-ethyl adjacent to an activating group) is 1. The molecule has 1 aromatic heterocycles. The first-order valence-corrected chi connectivity index (χ1v) is 7.05. The Balaban J connectivity index is 2.44. The number of nitrogens with zero attached hydrogens (tertiary/aromatic N) is 1. The summed E-state index contributed by atoms with van der Waals surface area (Å²) in [7, 11) is 3.77. The molecule has 4 nitrogen and oxygen atoms in total. The van der Waals surface area contributed by atoms with Crippen LogP contribution in [-0.2, 0) is 4.79 Å². The molecule has 0 aliphatic carbocycles. The van der Waals surface area contributed by atoms with Crippen molar-refractivity contribution in [3.05, 3.63) is 28.0 Å². The Kier molecular flexibility index (Phi) is 5.72. The van der Waals surface area contributed by atoms with Gasteiger partial charge in [0.1, 0.15) is 0 Å². The van der Waals surface area contributed by atoms with Crippen LogP contribution in [-0.4, -0.2) is 48.7 Å². The van der Waals surface area contributed by atoms with Crippen LogP contribution >= 0.6 is 11.3 Å². The standard InChI is InChI=1S/C14H22N2O2S/c1-11-7-8-19-12(11)5-6-13(17)15-9-14(2,18)10-16(3)4/h5-8,18H,9-10H2,1-4H3,(H,15,17)/b6-5+. The molecule has 0 saturated carbocycles. The second kappa shape index (κ2) is 6.84. The molecule has 0 bridgehead atoms. The smallest absolute Gasteiger partial charge is 0.244 e. The van der Waals surface area contributed by atoms with E-state index in [2.05, 4.69) is 5.32 Å². The lowest BCUT2D eigenvalue weighted by atomic mass is 10.1. The zero-order chi connectivity index (χ0) is 14.5. The summed E-state index contributed by atoms with van der Waals surface area (Å²) in [6.45, 7) is 4.45. The van der Waals surface area contributed by atoms with Crippen molar-refractivity contribution in [3.63, 3.8) is 0 Å². The third-order valence-electron chi connectivity index (χ3n) is 2.59. The van der Waals surface area contributed by atoms with Crippen molar-refractivity contribution in [1.29, 1.82) is 0 Å². The highest BCUT2D eigenvalue weighted by molar-refractivity contribution is 7.11. The van der Waals surface area contributed by atoms with Gasteiger partial charge in [-0.1, -0.05) is 0 Å². The Hall–Kier alpha value is -1.17. The Morgan fingerprint density at radius 1 is 1.58 bits per heavy atom. The highest BCUT2D eigenvalue weighted by atomic mass is 32.1. The molecule has 0 aliphatic heterocycles. The van der Waals surface area contributed by atoms with Gasteiger partial charge < -0.3 is 15.3 Å². The van der Waals surface area contributed by atoms with E-state index < -0.39 is 5.60 Å².